The minimum atomic E-state index is -4.66. The van der Waals surface area contributed by atoms with Crippen LogP contribution < -0.4 is 5.32 Å². The molecule has 18 heavy (non-hydrogen) atoms. The largest absolute Gasteiger partial charge is 0.419 e. The molecule has 0 heterocycles. The van der Waals surface area contributed by atoms with Crippen molar-refractivity contribution in [2.75, 3.05) is 6.54 Å². The van der Waals surface area contributed by atoms with E-state index >= 15 is 0 Å². The summed E-state index contributed by atoms with van der Waals surface area (Å²) in [7, 11) is 0. The lowest BCUT2D eigenvalue weighted by atomic mass is 9.94. The standard InChI is InChI=1S/C13H17F4N/c1-4-18-12(8(2)3)9-5-6-11(14)10(7-9)13(15,16)17/h5-8,12,18H,4H2,1-3H3. The molecule has 1 rings (SSSR count). The monoisotopic (exact) mass is 263 g/mol. The SMILES string of the molecule is CCNC(c1ccc(F)c(C(F)(F)F)c1)C(C)C. The van der Waals surface area contributed by atoms with E-state index < -0.39 is 17.6 Å². The molecule has 0 fully saturated rings. The first-order valence-corrected chi connectivity index (χ1v) is 5.87. The van der Waals surface area contributed by atoms with Crippen molar-refractivity contribution in [1.29, 1.82) is 0 Å². The Labute approximate surface area is 104 Å². The maximum atomic E-state index is 13.2. The van der Waals surface area contributed by atoms with E-state index in [4.69, 9.17) is 0 Å². The highest BCUT2D eigenvalue weighted by molar-refractivity contribution is 5.29. The summed E-state index contributed by atoms with van der Waals surface area (Å²) in [6.45, 7) is 6.33. The lowest BCUT2D eigenvalue weighted by Crippen LogP contribution is -2.26. The number of nitrogens with one attached hydrogen (secondary N) is 1. The fourth-order valence-electron chi connectivity index (χ4n) is 1.91. The Kier molecular flexibility index (Phi) is 4.73. The van der Waals surface area contributed by atoms with E-state index in [0.717, 1.165) is 12.1 Å². The lowest BCUT2D eigenvalue weighted by molar-refractivity contribution is -0.140. The summed E-state index contributed by atoms with van der Waals surface area (Å²) in [5.41, 5.74) is -0.746. The van der Waals surface area contributed by atoms with E-state index in [2.05, 4.69) is 5.32 Å². The van der Waals surface area contributed by atoms with E-state index in [0.29, 0.717) is 12.1 Å². The van der Waals surface area contributed by atoms with Crippen molar-refractivity contribution in [2.24, 2.45) is 5.92 Å². The predicted molar refractivity (Wildman–Crippen MR) is 62.7 cm³/mol. The first-order chi connectivity index (χ1) is 8.27. The van der Waals surface area contributed by atoms with Crippen LogP contribution in [0.5, 0.6) is 0 Å². The molecule has 5 heteroatoms. The van der Waals surface area contributed by atoms with E-state index in [1.165, 1.54) is 6.07 Å². The Balaban J connectivity index is 3.18. The van der Waals surface area contributed by atoms with Crippen molar-refractivity contribution >= 4 is 0 Å². The summed E-state index contributed by atoms with van der Waals surface area (Å²) < 4.78 is 51.0. The van der Waals surface area contributed by atoms with Gasteiger partial charge in [0.25, 0.3) is 0 Å². The highest BCUT2D eigenvalue weighted by Gasteiger charge is 2.34. The van der Waals surface area contributed by atoms with Gasteiger partial charge in [-0.05, 0) is 30.2 Å². The molecule has 1 aromatic rings. The van der Waals surface area contributed by atoms with Gasteiger partial charge in [-0.15, -0.1) is 0 Å². The zero-order valence-electron chi connectivity index (χ0n) is 10.6. The van der Waals surface area contributed by atoms with Crippen molar-refractivity contribution in [2.45, 2.75) is 33.0 Å². The fraction of sp³-hybridized carbons (Fsp3) is 0.538. The Morgan fingerprint density at radius 3 is 2.28 bits per heavy atom. The van der Waals surface area contributed by atoms with Crippen LogP contribution in [0.15, 0.2) is 18.2 Å². The molecular weight excluding hydrogens is 246 g/mol. The van der Waals surface area contributed by atoms with Crippen molar-refractivity contribution in [3.63, 3.8) is 0 Å². The topological polar surface area (TPSA) is 12.0 Å². The van der Waals surface area contributed by atoms with Crippen LogP contribution in [0.3, 0.4) is 0 Å². The molecule has 0 amide bonds. The molecule has 1 N–H and O–H groups in total. The van der Waals surface area contributed by atoms with Gasteiger partial charge in [0.05, 0.1) is 5.56 Å². The van der Waals surface area contributed by atoms with Crippen LogP contribution >= 0.6 is 0 Å². The van der Waals surface area contributed by atoms with Gasteiger partial charge >= 0.3 is 6.18 Å². The molecule has 0 spiro atoms. The van der Waals surface area contributed by atoms with Crippen LogP contribution in [0, 0.1) is 11.7 Å². The van der Waals surface area contributed by atoms with Gasteiger partial charge < -0.3 is 5.32 Å². The van der Waals surface area contributed by atoms with Crippen molar-refractivity contribution in [1.82, 2.24) is 5.32 Å². The molecule has 1 nitrogen and oxygen atoms in total. The second-order valence-electron chi connectivity index (χ2n) is 4.52. The van der Waals surface area contributed by atoms with Gasteiger partial charge in [0.1, 0.15) is 5.82 Å². The average Bonchev–Trinajstić information content (AvgIpc) is 2.25. The van der Waals surface area contributed by atoms with Gasteiger partial charge in [0.2, 0.25) is 0 Å². The van der Waals surface area contributed by atoms with Crippen molar-refractivity contribution in [3.05, 3.63) is 35.1 Å². The van der Waals surface area contributed by atoms with Gasteiger partial charge in [0, 0.05) is 6.04 Å². The molecule has 0 aliphatic carbocycles. The summed E-state index contributed by atoms with van der Waals surface area (Å²) in [4.78, 5) is 0. The third-order valence-electron chi connectivity index (χ3n) is 2.75. The minimum Gasteiger partial charge on any atom is -0.310 e. The molecule has 0 bridgehead atoms. The molecule has 1 unspecified atom stereocenters. The van der Waals surface area contributed by atoms with Crippen LogP contribution in [0.1, 0.15) is 37.9 Å². The summed E-state index contributed by atoms with van der Waals surface area (Å²) in [6.07, 6.45) is -4.66. The third kappa shape index (κ3) is 3.45. The second-order valence-corrected chi connectivity index (χ2v) is 4.52. The van der Waals surface area contributed by atoms with Crippen LogP contribution in [0.25, 0.3) is 0 Å². The summed E-state index contributed by atoms with van der Waals surface area (Å²) in [5, 5.41) is 3.11. The maximum absolute atomic E-state index is 13.2. The first-order valence-electron chi connectivity index (χ1n) is 5.87. The number of hydrogen-bond donors (Lipinski definition) is 1. The Hall–Kier alpha value is -1.10. The molecule has 0 radical (unpaired) electrons. The molecule has 0 saturated carbocycles. The number of alkyl halides is 3. The molecular formula is C13H17F4N. The molecule has 0 aromatic heterocycles. The van der Waals surface area contributed by atoms with E-state index in [1.54, 1.807) is 0 Å². The number of halogens is 4. The zero-order chi connectivity index (χ0) is 13.9. The maximum Gasteiger partial charge on any atom is 0.419 e. The third-order valence-corrected chi connectivity index (χ3v) is 2.75. The van der Waals surface area contributed by atoms with Gasteiger partial charge in [-0.2, -0.15) is 13.2 Å². The molecule has 0 aliphatic rings. The van der Waals surface area contributed by atoms with Crippen LogP contribution in [-0.2, 0) is 6.18 Å². The molecule has 0 saturated heterocycles. The van der Waals surface area contributed by atoms with Gasteiger partial charge in [-0.3, -0.25) is 0 Å². The van der Waals surface area contributed by atoms with Crippen LogP contribution in [-0.4, -0.2) is 6.54 Å². The second kappa shape index (κ2) is 5.69. The fourth-order valence-corrected chi connectivity index (χ4v) is 1.91. The Morgan fingerprint density at radius 1 is 1.22 bits per heavy atom. The van der Waals surface area contributed by atoms with Crippen LogP contribution in [0.2, 0.25) is 0 Å². The van der Waals surface area contributed by atoms with Gasteiger partial charge in [0.15, 0.2) is 0 Å². The van der Waals surface area contributed by atoms with Gasteiger partial charge in [-0.25, -0.2) is 4.39 Å². The minimum absolute atomic E-state index is 0.122. The first kappa shape index (κ1) is 15.0. The van der Waals surface area contributed by atoms with E-state index in [1.807, 2.05) is 20.8 Å². The predicted octanol–water partition coefficient (Wildman–Crippen LogP) is 4.15. The van der Waals surface area contributed by atoms with Crippen molar-refractivity contribution < 1.29 is 17.6 Å². The van der Waals surface area contributed by atoms with E-state index in [9.17, 15) is 17.6 Å². The van der Waals surface area contributed by atoms with Crippen LogP contribution in [0.4, 0.5) is 17.6 Å². The summed E-state index contributed by atoms with van der Waals surface area (Å²) in [5.74, 6) is -1.11. The Morgan fingerprint density at radius 2 is 1.83 bits per heavy atom. The molecule has 1 atom stereocenters. The summed E-state index contributed by atoms with van der Waals surface area (Å²) >= 11 is 0. The smallest absolute Gasteiger partial charge is 0.310 e. The number of hydrogen-bond acceptors (Lipinski definition) is 1. The quantitative estimate of drug-likeness (QED) is 0.805. The number of rotatable bonds is 4. The molecule has 1 aromatic carbocycles. The normalized spacial score (nSPS) is 14.0. The zero-order valence-corrected chi connectivity index (χ0v) is 10.6. The van der Waals surface area contributed by atoms with Gasteiger partial charge in [-0.1, -0.05) is 26.8 Å². The Bertz CT molecular complexity index is 398. The highest BCUT2D eigenvalue weighted by Crippen LogP contribution is 2.34. The highest BCUT2D eigenvalue weighted by atomic mass is 19.4. The molecule has 0 aliphatic heterocycles. The summed E-state index contributed by atoms with van der Waals surface area (Å²) in [6, 6.07) is 2.96. The molecule has 102 valence electrons. The number of benzene rings is 1. The van der Waals surface area contributed by atoms with Crippen molar-refractivity contribution in [3.8, 4) is 0 Å². The lowest BCUT2D eigenvalue weighted by Gasteiger charge is -2.23. The van der Waals surface area contributed by atoms with E-state index in [-0.39, 0.29) is 12.0 Å². The average molecular weight is 263 g/mol.